The van der Waals surface area contributed by atoms with Crippen LogP contribution in [-0.2, 0) is 20.7 Å². The molecule has 1 aliphatic heterocycles. The van der Waals surface area contributed by atoms with E-state index in [1.54, 1.807) is 20.8 Å². The molecular weight excluding hydrogens is 390 g/mol. The third kappa shape index (κ3) is 4.51. The van der Waals surface area contributed by atoms with E-state index < -0.39 is 36.0 Å². The van der Waals surface area contributed by atoms with E-state index in [4.69, 9.17) is 9.15 Å². The summed E-state index contributed by atoms with van der Waals surface area (Å²) in [6, 6.07) is 10.3. The van der Waals surface area contributed by atoms with E-state index in [1.165, 1.54) is 6.07 Å². The number of hydrogen-bond donors (Lipinski definition) is 2. The number of carbonyl (C=O) groups excluding carboxylic acids is 4. The van der Waals surface area contributed by atoms with Crippen molar-refractivity contribution < 1.29 is 28.3 Å². The summed E-state index contributed by atoms with van der Waals surface area (Å²) < 4.78 is 10.2. The van der Waals surface area contributed by atoms with Crippen LogP contribution in [0.1, 0.15) is 40.8 Å². The third-order valence-corrected chi connectivity index (χ3v) is 4.85. The normalized spacial score (nSPS) is 18.3. The predicted octanol–water partition coefficient (Wildman–Crippen LogP) is 2.03. The summed E-state index contributed by atoms with van der Waals surface area (Å²) >= 11 is 0. The van der Waals surface area contributed by atoms with Crippen LogP contribution in [0.4, 0.5) is 4.79 Å². The minimum atomic E-state index is -1.15. The third-order valence-electron chi connectivity index (χ3n) is 4.85. The van der Waals surface area contributed by atoms with Crippen molar-refractivity contribution in [1.82, 2.24) is 15.8 Å². The molecule has 0 saturated carbocycles. The number of benzene rings is 1. The molecule has 1 saturated heterocycles. The van der Waals surface area contributed by atoms with Crippen molar-refractivity contribution in [2.45, 2.75) is 39.2 Å². The minimum Gasteiger partial charge on any atom is -0.466 e. The number of hydrogen-bond acceptors (Lipinski definition) is 6. The van der Waals surface area contributed by atoms with Crippen LogP contribution in [0, 0.1) is 13.8 Å². The van der Waals surface area contributed by atoms with Crippen molar-refractivity contribution in [2.24, 2.45) is 0 Å². The lowest BCUT2D eigenvalue weighted by atomic mass is 9.93. The molecule has 1 aromatic heterocycles. The number of furan rings is 1. The van der Waals surface area contributed by atoms with Crippen molar-refractivity contribution in [2.75, 3.05) is 6.61 Å². The number of amides is 4. The number of imide groups is 1. The molecule has 9 nitrogen and oxygen atoms in total. The van der Waals surface area contributed by atoms with Gasteiger partial charge in [0.05, 0.1) is 0 Å². The molecule has 1 aromatic carbocycles. The second-order valence-corrected chi connectivity index (χ2v) is 7.33. The Morgan fingerprint density at radius 1 is 1.20 bits per heavy atom. The molecule has 4 amide bonds. The number of urea groups is 1. The maximum Gasteiger partial charge on any atom is 0.344 e. The van der Waals surface area contributed by atoms with Gasteiger partial charge in [0.2, 0.25) is 0 Å². The Bertz CT molecular complexity index is 984. The number of hydrazine groups is 1. The zero-order valence-electron chi connectivity index (χ0n) is 17.0. The summed E-state index contributed by atoms with van der Waals surface area (Å²) in [4.78, 5) is 49.1. The number of rotatable bonds is 7. The van der Waals surface area contributed by atoms with Gasteiger partial charge >= 0.3 is 12.0 Å². The van der Waals surface area contributed by atoms with Crippen molar-refractivity contribution in [3.8, 4) is 0 Å². The van der Waals surface area contributed by atoms with Gasteiger partial charge in [0, 0.05) is 0 Å². The Hall–Kier alpha value is -3.62. The number of carbonyl (C=O) groups is 4. The highest BCUT2D eigenvalue weighted by molar-refractivity contribution is 6.07. The summed E-state index contributed by atoms with van der Waals surface area (Å²) in [6.45, 7) is 4.24. The summed E-state index contributed by atoms with van der Waals surface area (Å²) in [7, 11) is 0. The molecule has 30 heavy (non-hydrogen) atoms. The highest BCUT2D eigenvalue weighted by atomic mass is 16.5. The van der Waals surface area contributed by atoms with E-state index in [2.05, 4.69) is 10.7 Å². The first kappa shape index (κ1) is 21.1. The number of aryl methyl sites for hydroxylation is 3. The standard InChI is InChI=1S/C21H23N3O6/c1-13-11-16(14(2)30-13)18(26)29-12-17(25)23-24-19(27)21(3,22-20(24)28)10-9-15-7-5-4-6-8-15/h4-8,11H,9-10,12H2,1-3H3,(H,22,28)(H,23,25)/t21-/m0/s1. The van der Waals surface area contributed by atoms with Gasteiger partial charge in [-0.1, -0.05) is 30.3 Å². The van der Waals surface area contributed by atoms with Gasteiger partial charge < -0.3 is 14.5 Å². The maximum absolute atomic E-state index is 12.7. The fourth-order valence-corrected chi connectivity index (χ4v) is 3.19. The topological polar surface area (TPSA) is 118 Å². The van der Waals surface area contributed by atoms with Crippen LogP contribution in [0.25, 0.3) is 0 Å². The minimum absolute atomic E-state index is 0.212. The lowest BCUT2D eigenvalue weighted by molar-refractivity contribution is -0.140. The highest BCUT2D eigenvalue weighted by Gasteiger charge is 2.48. The van der Waals surface area contributed by atoms with E-state index in [0.717, 1.165) is 5.56 Å². The molecule has 2 aromatic rings. The lowest BCUT2D eigenvalue weighted by Crippen LogP contribution is -2.50. The summed E-state index contributed by atoms with van der Waals surface area (Å²) in [5.41, 5.74) is 2.28. The second-order valence-electron chi connectivity index (χ2n) is 7.33. The average Bonchev–Trinajstić information content (AvgIpc) is 3.16. The molecule has 158 valence electrons. The molecule has 2 heterocycles. The SMILES string of the molecule is Cc1cc(C(=O)OCC(=O)NN2C(=O)N[C@@](C)(CCc3ccccc3)C2=O)c(C)o1. The first-order valence-corrected chi connectivity index (χ1v) is 9.44. The number of nitrogens with zero attached hydrogens (tertiary/aromatic N) is 1. The van der Waals surface area contributed by atoms with Gasteiger partial charge in [-0.25, -0.2) is 9.59 Å². The van der Waals surface area contributed by atoms with Crippen LogP contribution in [0.2, 0.25) is 0 Å². The van der Waals surface area contributed by atoms with Gasteiger partial charge in [0.25, 0.3) is 11.8 Å². The Balaban J connectivity index is 1.54. The van der Waals surface area contributed by atoms with Crippen molar-refractivity contribution in [3.63, 3.8) is 0 Å². The maximum atomic E-state index is 12.7. The fraction of sp³-hybridized carbons (Fsp3) is 0.333. The van der Waals surface area contributed by atoms with Crippen molar-refractivity contribution >= 4 is 23.8 Å². The first-order chi connectivity index (χ1) is 14.2. The van der Waals surface area contributed by atoms with Gasteiger partial charge in [-0.15, -0.1) is 0 Å². The Labute approximate surface area is 173 Å². The van der Waals surface area contributed by atoms with Crippen molar-refractivity contribution in [3.05, 3.63) is 59.0 Å². The number of nitrogens with one attached hydrogen (secondary N) is 2. The Kier molecular flexibility index (Phi) is 5.91. The molecule has 1 aliphatic rings. The quantitative estimate of drug-likeness (QED) is 0.530. The van der Waals surface area contributed by atoms with E-state index in [0.29, 0.717) is 29.4 Å². The van der Waals surface area contributed by atoms with E-state index in [9.17, 15) is 19.2 Å². The summed E-state index contributed by atoms with van der Waals surface area (Å²) in [5.74, 6) is -1.20. The van der Waals surface area contributed by atoms with Gasteiger partial charge in [-0.05, 0) is 45.2 Å². The van der Waals surface area contributed by atoms with Crippen LogP contribution in [0.5, 0.6) is 0 Å². The van der Waals surface area contributed by atoms with Crippen LogP contribution in [0.15, 0.2) is 40.8 Å². The van der Waals surface area contributed by atoms with Crippen LogP contribution in [-0.4, -0.2) is 41.0 Å². The fourth-order valence-electron chi connectivity index (χ4n) is 3.19. The monoisotopic (exact) mass is 413 g/mol. The Morgan fingerprint density at radius 2 is 1.90 bits per heavy atom. The molecule has 0 aliphatic carbocycles. The van der Waals surface area contributed by atoms with Crippen LogP contribution in [0.3, 0.4) is 0 Å². The smallest absolute Gasteiger partial charge is 0.344 e. The number of ether oxygens (including phenoxy) is 1. The molecule has 0 radical (unpaired) electrons. The zero-order valence-corrected chi connectivity index (χ0v) is 17.0. The van der Waals surface area contributed by atoms with Crippen LogP contribution < -0.4 is 10.7 Å². The molecule has 1 fully saturated rings. The summed E-state index contributed by atoms with van der Waals surface area (Å²) in [5, 5.41) is 3.23. The number of esters is 1. The predicted molar refractivity (Wildman–Crippen MR) is 105 cm³/mol. The van der Waals surface area contributed by atoms with Gasteiger partial charge in [-0.2, -0.15) is 5.01 Å². The molecule has 0 bridgehead atoms. The molecule has 2 N–H and O–H groups in total. The van der Waals surface area contributed by atoms with Crippen LogP contribution >= 0.6 is 0 Å². The molecule has 3 rings (SSSR count). The average molecular weight is 413 g/mol. The summed E-state index contributed by atoms with van der Waals surface area (Å²) in [6.07, 6.45) is 0.939. The van der Waals surface area contributed by atoms with Crippen molar-refractivity contribution in [1.29, 1.82) is 0 Å². The van der Waals surface area contributed by atoms with Gasteiger partial charge in [-0.3, -0.25) is 15.0 Å². The zero-order chi connectivity index (χ0) is 21.9. The molecule has 0 unspecified atom stereocenters. The lowest BCUT2D eigenvalue weighted by Gasteiger charge is -2.21. The molecular formula is C21H23N3O6. The van der Waals surface area contributed by atoms with Gasteiger partial charge in [0.15, 0.2) is 6.61 Å². The second kappa shape index (κ2) is 8.40. The van der Waals surface area contributed by atoms with E-state index in [-0.39, 0.29) is 5.56 Å². The Morgan fingerprint density at radius 3 is 2.53 bits per heavy atom. The van der Waals surface area contributed by atoms with E-state index in [1.807, 2.05) is 30.3 Å². The first-order valence-electron chi connectivity index (χ1n) is 9.44. The highest BCUT2D eigenvalue weighted by Crippen LogP contribution is 2.22. The molecule has 9 heteroatoms. The van der Waals surface area contributed by atoms with Gasteiger partial charge in [0.1, 0.15) is 22.6 Å². The van der Waals surface area contributed by atoms with E-state index >= 15 is 0 Å². The molecule has 1 atom stereocenters. The molecule has 0 spiro atoms. The largest absolute Gasteiger partial charge is 0.466 e.